The van der Waals surface area contributed by atoms with Crippen LogP contribution in [-0.2, 0) is 4.79 Å². The highest BCUT2D eigenvalue weighted by Crippen LogP contribution is 2.29. The van der Waals surface area contributed by atoms with E-state index < -0.39 is 0 Å². The Balaban J connectivity index is 1.62. The van der Waals surface area contributed by atoms with Crippen molar-refractivity contribution in [1.29, 1.82) is 0 Å². The van der Waals surface area contributed by atoms with Crippen LogP contribution in [0.1, 0.15) is 18.4 Å². The lowest BCUT2D eigenvalue weighted by Gasteiger charge is -2.10. The molecule has 0 amide bonds. The Hall–Kier alpha value is -1.77. The first-order chi connectivity index (χ1) is 11.1. The zero-order chi connectivity index (χ0) is 16.2. The first-order valence-electron chi connectivity index (χ1n) is 7.61. The molecule has 23 heavy (non-hydrogen) atoms. The summed E-state index contributed by atoms with van der Waals surface area (Å²) in [7, 11) is 0. The lowest BCUT2D eigenvalue weighted by molar-refractivity contribution is -0.117. The van der Waals surface area contributed by atoms with Crippen LogP contribution in [0.4, 0.5) is 5.69 Å². The number of allylic oxidation sites excluding steroid dienone is 1. The van der Waals surface area contributed by atoms with Gasteiger partial charge in [-0.3, -0.25) is 4.79 Å². The Morgan fingerprint density at radius 1 is 1.00 bits per heavy atom. The Bertz CT molecular complexity index is 720. The van der Waals surface area contributed by atoms with Crippen molar-refractivity contribution < 1.29 is 4.79 Å². The van der Waals surface area contributed by atoms with Crippen LogP contribution in [-0.4, -0.2) is 12.3 Å². The number of carbonyl (C=O) groups excluding carboxylic acids is 1. The molecule has 0 aliphatic heterocycles. The maximum atomic E-state index is 12.5. The molecule has 0 radical (unpaired) electrons. The molecule has 1 fully saturated rings. The van der Waals surface area contributed by atoms with Crippen LogP contribution in [0.2, 0.25) is 10.0 Å². The normalized spacial score (nSPS) is 19.3. The van der Waals surface area contributed by atoms with Crippen molar-refractivity contribution in [1.82, 2.24) is 0 Å². The van der Waals surface area contributed by atoms with Crippen molar-refractivity contribution in [3.8, 4) is 0 Å². The van der Waals surface area contributed by atoms with Crippen molar-refractivity contribution >= 4 is 40.7 Å². The highest BCUT2D eigenvalue weighted by molar-refractivity contribution is 6.30. The number of benzene rings is 2. The van der Waals surface area contributed by atoms with E-state index >= 15 is 0 Å². The summed E-state index contributed by atoms with van der Waals surface area (Å²) in [6.07, 6.45) is 3.69. The third kappa shape index (κ3) is 4.15. The van der Waals surface area contributed by atoms with Crippen LogP contribution in [0.25, 0.3) is 6.08 Å². The van der Waals surface area contributed by atoms with Crippen LogP contribution >= 0.6 is 23.2 Å². The van der Waals surface area contributed by atoms with Gasteiger partial charge in [0.05, 0.1) is 0 Å². The molecule has 1 N–H and O–H groups in total. The van der Waals surface area contributed by atoms with Crippen molar-refractivity contribution in [2.75, 3.05) is 11.9 Å². The molecule has 1 aliphatic rings. The first-order valence-corrected chi connectivity index (χ1v) is 8.37. The lowest BCUT2D eigenvalue weighted by atomic mass is 10.0. The fourth-order valence-electron chi connectivity index (χ4n) is 2.75. The van der Waals surface area contributed by atoms with Crippen molar-refractivity contribution in [3.05, 3.63) is 69.7 Å². The summed E-state index contributed by atoms with van der Waals surface area (Å²) in [5, 5.41) is 4.72. The molecule has 1 aliphatic carbocycles. The molecule has 1 atom stereocenters. The van der Waals surface area contributed by atoms with E-state index in [4.69, 9.17) is 23.2 Å². The Morgan fingerprint density at radius 2 is 1.61 bits per heavy atom. The highest BCUT2D eigenvalue weighted by Gasteiger charge is 2.28. The monoisotopic (exact) mass is 345 g/mol. The van der Waals surface area contributed by atoms with Gasteiger partial charge in [-0.2, -0.15) is 0 Å². The van der Waals surface area contributed by atoms with Gasteiger partial charge in [0.25, 0.3) is 0 Å². The predicted octanol–water partition coefficient (Wildman–Crippen LogP) is 5.47. The molecule has 0 saturated heterocycles. The number of nitrogens with one attached hydrogen (secondary N) is 1. The quantitative estimate of drug-likeness (QED) is 0.744. The Labute approximate surface area is 146 Å². The van der Waals surface area contributed by atoms with Crippen molar-refractivity contribution in [2.24, 2.45) is 5.92 Å². The van der Waals surface area contributed by atoms with Crippen LogP contribution in [0.5, 0.6) is 0 Å². The number of Topliss-reactive ketones (excluding diaryl/α,β-unsaturated/α-hetero) is 1. The summed E-state index contributed by atoms with van der Waals surface area (Å²) in [6.45, 7) is 0.651. The van der Waals surface area contributed by atoms with Crippen LogP contribution in [0.3, 0.4) is 0 Å². The molecule has 1 unspecified atom stereocenters. The number of carbonyl (C=O) groups is 1. The minimum atomic E-state index is 0.0317. The fraction of sp³-hybridized carbons (Fsp3) is 0.211. The summed E-state index contributed by atoms with van der Waals surface area (Å²) in [5.41, 5.74) is 2.90. The maximum Gasteiger partial charge on any atom is 0.163 e. The molecular weight excluding hydrogens is 329 g/mol. The molecule has 0 aromatic heterocycles. The minimum Gasteiger partial charge on any atom is -0.384 e. The second-order valence-corrected chi connectivity index (χ2v) is 6.58. The van der Waals surface area contributed by atoms with E-state index in [0.29, 0.717) is 16.6 Å². The second kappa shape index (κ2) is 7.20. The molecule has 2 nitrogen and oxygen atoms in total. The Kier molecular flexibility index (Phi) is 5.04. The average molecular weight is 346 g/mol. The molecule has 4 heteroatoms. The number of hydrogen-bond acceptors (Lipinski definition) is 2. The van der Waals surface area contributed by atoms with Crippen LogP contribution in [0, 0.1) is 5.92 Å². The standard InChI is InChI=1S/C19H17Cl2NO/c20-16-5-1-13(2-6-16)11-14-3-4-15(19(14)23)12-22-18-9-7-17(21)8-10-18/h1-2,5-11,15,22H,3-4,12H2/b14-11+. The predicted molar refractivity (Wildman–Crippen MR) is 97.1 cm³/mol. The first kappa shape index (κ1) is 16.1. The molecule has 2 aromatic rings. The van der Waals surface area contributed by atoms with Gasteiger partial charge < -0.3 is 5.32 Å². The van der Waals surface area contributed by atoms with Crippen LogP contribution < -0.4 is 5.32 Å². The highest BCUT2D eigenvalue weighted by atomic mass is 35.5. The Morgan fingerprint density at radius 3 is 2.26 bits per heavy atom. The van der Waals surface area contributed by atoms with Crippen molar-refractivity contribution in [2.45, 2.75) is 12.8 Å². The molecule has 118 valence electrons. The number of hydrogen-bond donors (Lipinski definition) is 1. The topological polar surface area (TPSA) is 29.1 Å². The third-order valence-corrected chi connectivity index (χ3v) is 4.56. The van der Waals surface area contributed by atoms with Gasteiger partial charge in [0.2, 0.25) is 0 Å². The summed E-state index contributed by atoms with van der Waals surface area (Å²) in [6, 6.07) is 15.1. The SMILES string of the molecule is O=C1/C(=C/c2ccc(Cl)cc2)CCC1CNc1ccc(Cl)cc1. The number of anilines is 1. The van der Waals surface area contributed by atoms with Gasteiger partial charge in [-0.25, -0.2) is 0 Å². The van der Waals surface area contributed by atoms with Gasteiger partial charge >= 0.3 is 0 Å². The molecule has 3 rings (SSSR count). The summed E-state index contributed by atoms with van der Waals surface area (Å²) < 4.78 is 0. The zero-order valence-corrected chi connectivity index (χ0v) is 14.1. The summed E-state index contributed by atoms with van der Waals surface area (Å²) in [4.78, 5) is 12.5. The molecule has 0 bridgehead atoms. The minimum absolute atomic E-state index is 0.0317. The van der Waals surface area contributed by atoms with E-state index in [1.54, 1.807) is 0 Å². The average Bonchev–Trinajstić information content (AvgIpc) is 2.90. The molecule has 0 heterocycles. The molecule has 2 aromatic carbocycles. The maximum absolute atomic E-state index is 12.5. The number of rotatable bonds is 4. The van der Waals surface area contributed by atoms with E-state index in [0.717, 1.165) is 29.7 Å². The summed E-state index contributed by atoms with van der Waals surface area (Å²) >= 11 is 11.8. The molecule has 1 saturated carbocycles. The van der Waals surface area contributed by atoms with Crippen molar-refractivity contribution in [3.63, 3.8) is 0 Å². The van der Waals surface area contributed by atoms with E-state index in [-0.39, 0.29) is 11.7 Å². The van der Waals surface area contributed by atoms with E-state index in [2.05, 4.69) is 5.32 Å². The second-order valence-electron chi connectivity index (χ2n) is 5.71. The van der Waals surface area contributed by atoms with E-state index in [1.807, 2.05) is 54.6 Å². The van der Waals surface area contributed by atoms with E-state index in [9.17, 15) is 4.79 Å². The van der Waals surface area contributed by atoms with Gasteiger partial charge in [0.1, 0.15) is 0 Å². The van der Waals surface area contributed by atoms with Gasteiger partial charge in [0, 0.05) is 28.2 Å². The molecular formula is C19H17Cl2NO. The third-order valence-electron chi connectivity index (χ3n) is 4.06. The van der Waals surface area contributed by atoms with Crippen LogP contribution in [0.15, 0.2) is 54.1 Å². The van der Waals surface area contributed by atoms with Gasteiger partial charge in [-0.1, -0.05) is 35.3 Å². The fourth-order valence-corrected chi connectivity index (χ4v) is 3.01. The zero-order valence-electron chi connectivity index (χ0n) is 12.6. The largest absolute Gasteiger partial charge is 0.384 e. The van der Waals surface area contributed by atoms with Gasteiger partial charge in [0.15, 0.2) is 5.78 Å². The van der Waals surface area contributed by atoms with E-state index in [1.165, 1.54) is 0 Å². The van der Waals surface area contributed by atoms with Gasteiger partial charge in [-0.05, 0) is 66.5 Å². The molecule has 0 spiro atoms. The lowest BCUT2D eigenvalue weighted by Crippen LogP contribution is -2.18. The number of halogens is 2. The summed E-state index contributed by atoms with van der Waals surface area (Å²) in [5.74, 6) is 0.269. The smallest absolute Gasteiger partial charge is 0.163 e. The number of ketones is 1. The van der Waals surface area contributed by atoms with Gasteiger partial charge in [-0.15, -0.1) is 0 Å².